The van der Waals surface area contributed by atoms with E-state index in [0.717, 1.165) is 27.7 Å². The van der Waals surface area contributed by atoms with Crippen LogP contribution in [0.1, 0.15) is 13.3 Å². The summed E-state index contributed by atoms with van der Waals surface area (Å²) in [6.07, 6.45) is 1.35. The molecule has 0 aliphatic carbocycles. The first kappa shape index (κ1) is 11.4. The molecule has 1 aliphatic rings. The molecule has 0 amide bonds. The van der Waals surface area contributed by atoms with Crippen LogP contribution in [0.25, 0.3) is 0 Å². The number of hydrogen-bond donors (Lipinski definition) is 1. The minimum Gasteiger partial charge on any atom is -0.378 e. The molecule has 1 saturated heterocycles. The van der Waals surface area contributed by atoms with Crippen molar-refractivity contribution in [3.05, 3.63) is 27.1 Å². The van der Waals surface area contributed by atoms with Crippen LogP contribution in [0.4, 0.5) is 5.69 Å². The zero-order valence-corrected chi connectivity index (χ0v) is 11.6. The first-order chi connectivity index (χ1) is 7.18. The Labute approximate surface area is 107 Å². The molecule has 4 heteroatoms. The van der Waals surface area contributed by atoms with Crippen molar-refractivity contribution in [2.45, 2.75) is 25.5 Å². The number of anilines is 1. The van der Waals surface area contributed by atoms with E-state index in [1.54, 1.807) is 0 Å². The maximum Gasteiger partial charge on any atom is 0.0748 e. The van der Waals surface area contributed by atoms with Gasteiger partial charge in [-0.1, -0.05) is 6.07 Å². The van der Waals surface area contributed by atoms with Gasteiger partial charge in [-0.15, -0.1) is 0 Å². The minimum atomic E-state index is 0.281. The normalized spacial score (nSPS) is 25.5. The average molecular weight is 335 g/mol. The third kappa shape index (κ3) is 2.55. The molecule has 1 aromatic carbocycles. The van der Waals surface area contributed by atoms with E-state index < -0.39 is 0 Å². The summed E-state index contributed by atoms with van der Waals surface area (Å²) in [6, 6.07) is 6.48. The Bertz CT molecular complexity index is 336. The number of hydrogen-bond acceptors (Lipinski definition) is 2. The van der Waals surface area contributed by atoms with Gasteiger partial charge in [0.15, 0.2) is 0 Å². The Morgan fingerprint density at radius 1 is 1.33 bits per heavy atom. The summed E-state index contributed by atoms with van der Waals surface area (Å²) in [6.45, 7) is 2.95. The van der Waals surface area contributed by atoms with E-state index in [9.17, 15) is 0 Å². The molecule has 1 aliphatic heterocycles. The molecule has 1 fully saturated rings. The van der Waals surface area contributed by atoms with Gasteiger partial charge in [-0.25, -0.2) is 0 Å². The van der Waals surface area contributed by atoms with Crippen LogP contribution >= 0.6 is 31.9 Å². The van der Waals surface area contributed by atoms with Crippen LogP contribution in [0, 0.1) is 0 Å². The van der Waals surface area contributed by atoms with E-state index in [1.165, 1.54) is 0 Å². The summed E-state index contributed by atoms with van der Waals surface area (Å²) >= 11 is 7.08. The van der Waals surface area contributed by atoms with Gasteiger partial charge in [0, 0.05) is 15.6 Å². The molecule has 2 unspecified atom stereocenters. The van der Waals surface area contributed by atoms with E-state index in [-0.39, 0.29) is 6.10 Å². The van der Waals surface area contributed by atoms with Gasteiger partial charge in [-0.05, 0) is 57.3 Å². The summed E-state index contributed by atoms with van der Waals surface area (Å²) in [5.41, 5.74) is 1.11. The Balaban J connectivity index is 2.16. The Kier molecular flexibility index (Phi) is 3.69. The number of benzene rings is 1. The summed E-state index contributed by atoms with van der Waals surface area (Å²) in [5.74, 6) is 0. The molecular weight excluding hydrogens is 322 g/mol. The molecule has 1 heterocycles. The lowest BCUT2D eigenvalue weighted by Crippen LogP contribution is -2.26. The third-order valence-electron chi connectivity index (χ3n) is 2.67. The van der Waals surface area contributed by atoms with Gasteiger partial charge in [-0.3, -0.25) is 0 Å². The Hall–Kier alpha value is -0.0600. The molecule has 0 bridgehead atoms. The molecule has 2 nitrogen and oxygen atoms in total. The minimum absolute atomic E-state index is 0.281. The highest BCUT2D eigenvalue weighted by atomic mass is 79.9. The van der Waals surface area contributed by atoms with Crippen molar-refractivity contribution in [3.8, 4) is 0 Å². The summed E-state index contributed by atoms with van der Waals surface area (Å²) in [5, 5.41) is 3.51. The Morgan fingerprint density at radius 3 is 2.53 bits per heavy atom. The summed E-state index contributed by atoms with van der Waals surface area (Å²) in [7, 11) is 0. The Morgan fingerprint density at radius 2 is 2.00 bits per heavy atom. The van der Waals surface area contributed by atoms with E-state index in [0.29, 0.717) is 6.04 Å². The monoisotopic (exact) mass is 333 g/mol. The van der Waals surface area contributed by atoms with Gasteiger partial charge in [0.25, 0.3) is 0 Å². The maximum atomic E-state index is 5.52. The van der Waals surface area contributed by atoms with E-state index in [2.05, 4.69) is 44.1 Å². The largest absolute Gasteiger partial charge is 0.378 e. The van der Waals surface area contributed by atoms with Gasteiger partial charge in [-0.2, -0.15) is 0 Å². The predicted molar refractivity (Wildman–Crippen MR) is 69.3 cm³/mol. The molecule has 82 valence electrons. The first-order valence-electron chi connectivity index (χ1n) is 5.00. The molecule has 1 aromatic rings. The van der Waals surface area contributed by atoms with E-state index in [4.69, 9.17) is 4.74 Å². The van der Waals surface area contributed by atoms with Crippen molar-refractivity contribution in [3.63, 3.8) is 0 Å². The zero-order chi connectivity index (χ0) is 10.8. The number of halogens is 2. The molecule has 2 atom stereocenters. The average Bonchev–Trinajstić information content (AvgIpc) is 2.58. The fourth-order valence-electron chi connectivity index (χ4n) is 1.74. The first-order valence-corrected chi connectivity index (χ1v) is 6.59. The molecule has 1 N–H and O–H groups in total. The molecule has 0 aromatic heterocycles. The highest BCUT2D eigenvalue weighted by Crippen LogP contribution is 2.32. The van der Waals surface area contributed by atoms with Crippen molar-refractivity contribution < 1.29 is 4.74 Å². The highest BCUT2D eigenvalue weighted by Gasteiger charge is 2.24. The predicted octanol–water partition coefficient (Wildman–Crippen LogP) is 3.80. The number of rotatable bonds is 2. The van der Waals surface area contributed by atoms with Gasteiger partial charge in [0.2, 0.25) is 0 Å². The SMILES string of the molecule is CC1OCCC1Nc1c(Br)cccc1Br. The number of ether oxygens (including phenoxy) is 1. The van der Waals surface area contributed by atoms with Crippen molar-refractivity contribution in [2.24, 2.45) is 0 Å². The molecule has 0 saturated carbocycles. The molecule has 15 heavy (non-hydrogen) atoms. The lowest BCUT2D eigenvalue weighted by atomic mass is 10.1. The van der Waals surface area contributed by atoms with Crippen molar-refractivity contribution in [1.29, 1.82) is 0 Å². The topological polar surface area (TPSA) is 21.3 Å². The fraction of sp³-hybridized carbons (Fsp3) is 0.455. The van der Waals surface area contributed by atoms with Gasteiger partial charge in [0.05, 0.1) is 17.8 Å². The van der Waals surface area contributed by atoms with Crippen LogP contribution in [-0.2, 0) is 4.74 Å². The van der Waals surface area contributed by atoms with Gasteiger partial charge in [0.1, 0.15) is 0 Å². The highest BCUT2D eigenvalue weighted by molar-refractivity contribution is 9.11. The molecule has 0 radical (unpaired) electrons. The number of para-hydroxylation sites is 1. The van der Waals surface area contributed by atoms with Crippen LogP contribution in [0.5, 0.6) is 0 Å². The second-order valence-electron chi connectivity index (χ2n) is 3.71. The van der Waals surface area contributed by atoms with Gasteiger partial charge < -0.3 is 10.1 Å². The zero-order valence-electron chi connectivity index (χ0n) is 8.47. The fourth-order valence-corrected chi connectivity index (χ4v) is 2.97. The smallest absolute Gasteiger partial charge is 0.0748 e. The van der Waals surface area contributed by atoms with Crippen molar-refractivity contribution >= 4 is 37.5 Å². The van der Waals surface area contributed by atoms with Crippen LogP contribution in [0.15, 0.2) is 27.1 Å². The maximum absolute atomic E-state index is 5.52. The lowest BCUT2D eigenvalue weighted by Gasteiger charge is -2.19. The standard InChI is InChI=1S/C11H13Br2NO/c1-7-10(5-6-15-7)14-11-8(12)3-2-4-9(11)13/h2-4,7,10,14H,5-6H2,1H3. The second-order valence-corrected chi connectivity index (χ2v) is 5.42. The molecular formula is C11H13Br2NO. The van der Waals surface area contributed by atoms with Crippen LogP contribution < -0.4 is 5.32 Å². The van der Waals surface area contributed by atoms with Crippen molar-refractivity contribution in [2.75, 3.05) is 11.9 Å². The van der Waals surface area contributed by atoms with E-state index in [1.807, 2.05) is 18.2 Å². The number of nitrogens with one attached hydrogen (secondary N) is 1. The molecule has 0 spiro atoms. The van der Waals surface area contributed by atoms with Crippen LogP contribution in [0.3, 0.4) is 0 Å². The van der Waals surface area contributed by atoms with Gasteiger partial charge >= 0.3 is 0 Å². The van der Waals surface area contributed by atoms with Crippen LogP contribution in [-0.4, -0.2) is 18.8 Å². The van der Waals surface area contributed by atoms with Crippen molar-refractivity contribution in [1.82, 2.24) is 0 Å². The lowest BCUT2D eigenvalue weighted by molar-refractivity contribution is 0.121. The third-order valence-corrected chi connectivity index (χ3v) is 3.99. The molecule has 2 rings (SSSR count). The van der Waals surface area contributed by atoms with E-state index >= 15 is 0 Å². The quantitative estimate of drug-likeness (QED) is 0.888. The summed E-state index contributed by atoms with van der Waals surface area (Å²) < 4.78 is 7.68. The second kappa shape index (κ2) is 4.85. The van der Waals surface area contributed by atoms with Crippen LogP contribution in [0.2, 0.25) is 0 Å². The summed E-state index contributed by atoms with van der Waals surface area (Å²) in [4.78, 5) is 0.